The van der Waals surface area contributed by atoms with Crippen LogP contribution in [0.3, 0.4) is 0 Å². The average Bonchev–Trinajstić information content (AvgIpc) is 2.85. The van der Waals surface area contributed by atoms with Crippen molar-refractivity contribution in [3.05, 3.63) is 35.4 Å². The molecule has 1 aromatic rings. The van der Waals surface area contributed by atoms with Gasteiger partial charge in [-0.05, 0) is 43.1 Å². The molecule has 0 radical (unpaired) electrons. The molecule has 0 amide bonds. The van der Waals surface area contributed by atoms with Crippen LogP contribution in [0.2, 0.25) is 0 Å². The van der Waals surface area contributed by atoms with Crippen molar-refractivity contribution in [1.29, 1.82) is 0 Å². The van der Waals surface area contributed by atoms with Crippen molar-refractivity contribution < 1.29 is 0 Å². The molecule has 100 valence electrons. The SMILES string of the molecule is CCC(CC)(CNC1CCc2ccccc21)SC. The van der Waals surface area contributed by atoms with Crippen LogP contribution in [-0.2, 0) is 6.42 Å². The number of hydrogen-bond donors (Lipinski definition) is 1. The Hall–Kier alpha value is -0.470. The second kappa shape index (κ2) is 6.12. The summed E-state index contributed by atoms with van der Waals surface area (Å²) < 4.78 is 0.414. The highest BCUT2D eigenvalue weighted by Gasteiger charge is 2.28. The number of hydrogen-bond acceptors (Lipinski definition) is 2. The molecule has 1 unspecified atom stereocenters. The largest absolute Gasteiger partial charge is 0.309 e. The lowest BCUT2D eigenvalue weighted by Gasteiger charge is -2.31. The highest BCUT2D eigenvalue weighted by molar-refractivity contribution is 8.00. The van der Waals surface area contributed by atoms with Gasteiger partial charge in [-0.15, -0.1) is 0 Å². The molecular weight excluding hydrogens is 238 g/mol. The lowest BCUT2D eigenvalue weighted by Crippen LogP contribution is -2.37. The van der Waals surface area contributed by atoms with Gasteiger partial charge in [0.05, 0.1) is 0 Å². The molecule has 1 nitrogen and oxygen atoms in total. The van der Waals surface area contributed by atoms with E-state index >= 15 is 0 Å². The van der Waals surface area contributed by atoms with Crippen LogP contribution in [0.4, 0.5) is 0 Å². The lowest BCUT2D eigenvalue weighted by atomic mass is 10.0. The van der Waals surface area contributed by atoms with Crippen LogP contribution >= 0.6 is 11.8 Å². The van der Waals surface area contributed by atoms with Gasteiger partial charge in [0.25, 0.3) is 0 Å². The molecule has 0 bridgehead atoms. The number of nitrogens with one attached hydrogen (secondary N) is 1. The summed E-state index contributed by atoms with van der Waals surface area (Å²) in [5.74, 6) is 0. The fourth-order valence-corrected chi connectivity index (χ4v) is 3.74. The zero-order valence-electron chi connectivity index (χ0n) is 11.8. The molecule has 1 aromatic carbocycles. The Morgan fingerprint density at radius 3 is 2.67 bits per heavy atom. The topological polar surface area (TPSA) is 12.0 Å². The van der Waals surface area contributed by atoms with Crippen LogP contribution in [0.5, 0.6) is 0 Å². The van der Waals surface area contributed by atoms with Crippen LogP contribution in [0, 0.1) is 0 Å². The number of benzene rings is 1. The summed E-state index contributed by atoms with van der Waals surface area (Å²) in [6.07, 6.45) is 7.23. The maximum absolute atomic E-state index is 3.81. The van der Waals surface area contributed by atoms with Crippen LogP contribution in [0.25, 0.3) is 0 Å². The Morgan fingerprint density at radius 1 is 1.28 bits per heavy atom. The predicted molar refractivity (Wildman–Crippen MR) is 82.3 cm³/mol. The number of rotatable bonds is 6. The minimum absolute atomic E-state index is 0.414. The van der Waals surface area contributed by atoms with E-state index in [0.717, 1.165) is 6.54 Å². The highest BCUT2D eigenvalue weighted by atomic mass is 32.2. The van der Waals surface area contributed by atoms with E-state index in [1.807, 2.05) is 11.8 Å². The minimum atomic E-state index is 0.414. The minimum Gasteiger partial charge on any atom is -0.309 e. The van der Waals surface area contributed by atoms with Crippen LogP contribution in [0.15, 0.2) is 24.3 Å². The van der Waals surface area contributed by atoms with E-state index in [9.17, 15) is 0 Å². The molecule has 1 aliphatic rings. The normalized spacial score (nSPS) is 18.9. The van der Waals surface area contributed by atoms with Crippen molar-refractivity contribution in [2.45, 2.75) is 50.3 Å². The van der Waals surface area contributed by atoms with E-state index < -0.39 is 0 Å². The standard InChI is InChI=1S/C16H25NS/c1-4-16(5-2,18-3)12-17-15-11-10-13-8-6-7-9-14(13)15/h6-9,15,17H,4-5,10-12H2,1-3H3. The van der Waals surface area contributed by atoms with Gasteiger partial charge in [0.1, 0.15) is 0 Å². The molecule has 0 saturated heterocycles. The molecule has 0 aliphatic heterocycles. The van der Waals surface area contributed by atoms with Gasteiger partial charge >= 0.3 is 0 Å². The second-order valence-electron chi connectivity index (χ2n) is 5.27. The quantitative estimate of drug-likeness (QED) is 0.826. The first-order chi connectivity index (χ1) is 8.74. The Kier molecular flexibility index (Phi) is 4.74. The molecule has 1 N–H and O–H groups in total. The first-order valence-electron chi connectivity index (χ1n) is 7.11. The molecule has 0 heterocycles. The fraction of sp³-hybridized carbons (Fsp3) is 0.625. The molecule has 1 atom stereocenters. The number of aryl methyl sites for hydroxylation is 1. The molecule has 2 heteroatoms. The van der Waals surface area contributed by atoms with Gasteiger partial charge in [-0.1, -0.05) is 38.1 Å². The molecule has 0 fully saturated rings. The van der Waals surface area contributed by atoms with E-state index in [1.54, 1.807) is 0 Å². The van der Waals surface area contributed by atoms with Gasteiger partial charge in [-0.3, -0.25) is 0 Å². The van der Waals surface area contributed by atoms with Gasteiger partial charge < -0.3 is 5.32 Å². The monoisotopic (exact) mass is 263 g/mol. The Balaban J connectivity index is 2.00. The van der Waals surface area contributed by atoms with Crippen LogP contribution in [0.1, 0.15) is 50.3 Å². The second-order valence-corrected chi connectivity index (χ2v) is 6.54. The Labute approximate surface area is 116 Å². The van der Waals surface area contributed by atoms with Gasteiger partial charge in [-0.2, -0.15) is 11.8 Å². The van der Waals surface area contributed by atoms with Gasteiger partial charge in [0.2, 0.25) is 0 Å². The summed E-state index contributed by atoms with van der Waals surface area (Å²) in [6.45, 7) is 5.74. The predicted octanol–water partition coefficient (Wildman–Crippen LogP) is 4.19. The summed E-state index contributed by atoms with van der Waals surface area (Å²) in [5, 5.41) is 3.81. The van der Waals surface area contributed by atoms with Crippen molar-refractivity contribution in [2.75, 3.05) is 12.8 Å². The molecular formula is C16H25NS. The van der Waals surface area contributed by atoms with Crippen LogP contribution < -0.4 is 5.32 Å². The third-order valence-corrected chi connectivity index (χ3v) is 6.11. The zero-order chi connectivity index (χ0) is 13.0. The molecule has 0 saturated carbocycles. The van der Waals surface area contributed by atoms with Gasteiger partial charge in [0, 0.05) is 17.3 Å². The molecule has 2 rings (SSSR count). The first-order valence-corrected chi connectivity index (χ1v) is 8.33. The molecule has 18 heavy (non-hydrogen) atoms. The Bertz CT molecular complexity index is 376. The third-order valence-electron chi connectivity index (χ3n) is 4.53. The lowest BCUT2D eigenvalue weighted by molar-refractivity contribution is 0.443. The fourth-order valence-electron chi connectivity index (χ4n) is 2.94. The smallest absolute Gasteiger partial charge is 0.0326 e. The maximum atomic E-state index is 3.81. The van der Waals surface area contributed by atoms with E-state index in [1.165, 1.54) is 36.8 Å². The zero-order valence-corrected chi connectivity index (χ0v) is 12.6. The number of thioether (sulfide) groups is 1. The average molecular weight is 263 g/mol. The van der Waals surface area contributed by atoms with Crippen molar-refractivity contribution >= 4 is 11.8 Å². The summed E-state index contributed by atoms with van der Waals surface area (Å²) in [5.41, 5.74) is 3.07. The molecule has 0 spiro atoms. The van der Waals surface area contributed by atoms with Gasteiger partial charge in [-0.25, -0.2) is 0 Å². The third kappa shape index (κ3) is 2.75. The number of fused-ring (bicyclic) bond motifs is 1. The van der Waals surface area contributed by atoms with Crippen molar-refractivity contribution in [1.82, 2.24) is 5.32 Å². The van der Waals surface area contributed by atoms with E-state index in [-0.39, 0.29) is 0 Å². The van der Waals surface area contributed by atoms with E-state index in [2.05, 4.69) is 49.7 Å². The summed E-state index contributed by atoms with van der Waals surface area (Å²) >= 11 is 2.02. The van der Waals surface area contributed by atoms with E-state index in [4.69, 9.17) is 0 Å². The maximum Gasteiger partial charge on any atom is 0.0326 e. The first kappa shape index (κ1) is 14.0. The molecule has 0 aromatic heterocycles. The Morgan fingerprint density at radius 2 is 2.00 bits per heavy atom. The summed E-state index contributed by atoms with van der Waals surface area (Å²) in [7, 11) is 0. The molecule has 1 aliphatic carbocycles. The van der Waals surface area contributed by atoms with Crippen LogP contribution in [-0.4, -0.2) is 17.5 Å². The summed E-state index contributed by atoms with van der Waals surface area (Å²) in [6, 6.07) is 9.47. The highest BCUT2D eigenvalue weighted by Crippen LogP contribution is 2.34. The van der Waals surface area contributed by atoms with Crippen molar-refractivity contribution in [2.24, 2.45) is 0 Å². The summed E-state index contributed by atoms with van der Waals surface area (Å²) in [4.78, 5) is 0. The van der Waals surface area contributed by atoms with Crippen molar-refractivity contribution in [3.63, 3.8) is 0 Å². The van der Waals surface area contributed by atoms with E-state index in [0.29, 0.717) is 10.8 Å². The van der Waals surface area contributed by atoms with Crippen molar-refractivity contribution in [3.8, 4) is 0 Å². The van der Waals surface area contributed by atoms with Gasteiger partial charge in [0.15, 0.2) is 0 Å².